The molecule has 1 amide bonds. The molecule has 2 heterocycles. The van der Waals surface area contributed by atoms with Gasteiger partial charge in [0.25, 0.3) is 5.91 Å². The third-order valence-corrected chi connectivity index (χ3v) is 4.23. The molecule has 22 heavy (non-hydrogen) atoms. The Bertz CT molecular complexity index is 711. The van der Waals surface area contributed by atoms with Crippen molar-refractivity contribution < 1.29 is 23.8 Å². The summed E-state index contributed by atoms with van der Waals surface area (Å²) in [6, 6.07) is 10.4. The minimum Gasteiger partial charge on any atom is -0.479 e. The van der Waals surface area contributed by atoms with E-state index in [2.05, 4.69) is 5.32 Å². The average molecular weight is 319 g/mol. The fourth-order valence-corrected chi connectivity index (χ4v) is 3.01. The van der Waals surface area contributed by atoms with Crippen molar-refractivity contribution in [3.8, 4) is 5.75 Å². The van der Waals surface area contributed by atoms with Gasteiger partial charge in [-0.25, -0.2) is 4.79 Å². The van der Waals surface area contributed by atoms with Gasteiger partial charge in [0.1, 0.15) is 11.5 Å². The van der Waals surface area contributed by atoms with Crippen molar-refractivity contribution in [3.05, 3.63) is 47.9 Å². The fraction of sp³-hybridized carbons (Fsp3) is 0.200. The van der Waals surface area contributed by atoms with Crippen molar-refractivity contribution in [3.63, 3.8) is 0 Å². The number of thioether (sulfide) groups is 1. The molecule has 0 bridgehead atoms. The van der Waals surface area contributed by atoms with Crippen LogP contribution in [0.5, 0.6) is 5.75 Å². The van der Waals surface area contributed by atoms with Gasteiger partial charge < -0.3 is 19.6 Å². The summed E-state index contributed by atoms with van der Waals surface area (Å²) >= 11 is 1.57. The van der Waals surface area contributed by atoms with Gasteiger partial charge in [0.15, 0.2) is 6.10 Å². The van der Waals surface area contributed by atoms with Crippen LogP contribution in [0.4, 0.5) is 0 Å². The number of rotatable bonds is 4. The number of hydrogen-bond acceptors (Lipinski definition) is 5. The molecular formula is C15H13NO5S. The van der Waals surface area contributed by atoms with Crippen molar-refractivity contribution in [2.45, 2.75) is 17.5 Å². The summed E-state index contributed by atoms with van der Waals surface area (Å²) in [6.45, 7) is 0.123. The number of furan rings is 1. The Balaban J connectivity index is 1.57. The van der Waals surface area contributed by atoms with Crippen molar-refractivity contribution >= 4 is 23.6 Å². The van der Waals surface area contributed by atoms with Crippen LogP contribution in [-0.2, 0) is 11.3 Å². The van der Waals surface area contributed by atoms with Crippen molar-refractivity contribution in [2.24, 2.45) is 0 Å². The zero-order valence-corrected chi connectivity index (χ0v) is 12.3. The number of para-hydroxylation sites is 1. The van der Waals surface area contributed by atoms with Gasteiger partial charge in [-0.05, 0) is 24.3 Å². The number of carboxylic acid groups (broad SMARTS) is 1. The molecule has 1 atom stereocenters. The SMILES string of the molecule is O=C(O)c1ccc(CNC(=O)[C@@H]2CSc3ccccc3O2)o1. The Labute approximate surface area is 130 Å². The largest absolute Gasteiger partial charge is 0.479 e. The van der Waals surface area contributed by atoms with Crippen molar-refractivity contribution in [1.29, 1.82) is 0 Å². The van der Waals surface area contributed by atoms with Gasteiger partial charge in [0, 0.05) is 10.6 Å². The van der Waals surface area contributed by atoms with Gasteiger partial charge in [0.2, 0.25) is 5.76 Å². The zero-order chi connectivity index (χ0) is 15.5. The van der Waals surface area contributed by atoms with E-state index in [4.69, 9.17) is 14.3 Å². The second-order valence-electron chi connectivity index (χ2n) is 4.65. The van der Waals surface area contributed by atoms with E-state index in [1.165, 1.54) is 12.1 Å². The smallest absolute Gasteiger partial charge is 0.371 e. The fourth-order valence-electron chi connectivity index (χ4n) is 2.02. The monoisotopic (exact) mass is 319 g/mol. The third-order valence-electron chi connectivity index (χ3n) is 3.11. The Morgan fingerprint density at radius 3 is 2.86 bits per heavy atom. The topological polar surface area (TPSA) is 88.8 Å². The lowest BCUT2D eigenvalue weighted by Gasteiger charge is -2.24. The number of aromatic carboxylic acids is 1. The minimum atomic E-state index is -1.14. The first-order valence-electron chi connectivity index (χ1n) is 6.61. The summed E-state index contributed by atoms with van der Waals surface area (Å²) in [5, 5.41) is 11.5. The van der Waals surface area contributed by atoms with Gasteiger partial charge in [-0.15, -0.1) is 11.8 Å². The average Bonchev–Trinajstić information content (AvgIpc) is 3.01. The van der Waals surface area contributed by atoms with Crippen LogP contribution >= 0.6 is 11.8 Å². The van der Waals surface area contributed by atoms with E-state index < -0.39 is 12.1 Å². The van der Waals surface area contributed by atoms with Gasteiger partial charge >= 0.3 is 5.97 Å². The number of amides is 1. The lowest BCUT2D eigenvalue weighted by atomic mass is 10.3. The molecule has 0 fully saturated rings. The number of carboxylic acids is 1. The van der Waals surface area contributed by atoms with E-state index in [-0.39, 0.29) is 18.2 Å². The highest BCUT2D eigenvalue weighted by atomic mass is 32.2. The molecule has 0 unspecified atom stereocenters. The quantitative estimate of drug-likeness (QED) is 0.897. The van der Waals surface area contributed by atoms with Gasteiger partial charge in [-0.2, -0.15) is 0 Å². The molecule has 7 heteroatoms. The first kappa shape index (κ1) is 14.5. The molecule has 0 spiro atoms. The predicted molar refractivity (Wildman–Crippen MR) is 79.1 cm³/mol. The molecule has 1 aliphatic rings. The Morgan fingerprint density at radius 2 is 2.09 bits per heavy atom. The van der Waals surface area contributed by atoms with Crippen molar-refractivity contribution in [2.75, 3.05) is 5.75 Å². The lowest BCUT2D eigenvalue weighted by Crippen LogP contribution is -2.40. The maximum atomic E-state index is 12.1. The van der Waals surface area contributed by atoms with Crippen LogP contribution in [0, 0.1) is 0 Å². The molecular weight excluding hydrogens is 306 g/mol. The summed E-state index contributed by atoms with van der Waals surface area (Å²) in [7, 11) is 0. The van der Waals surface area contributed by atoms with E-state index in [9.17, 15) is 9.59 Å². The van der Waals surface area contributed by atoms with E-state index in [0.717, 1.165) is 4.90 Å². The van der Waals surface area contributed by atoms with Crippen LogP contribution in [-0.4, -0.2) is 28.8 Å². The number of benzene rings is 1. The predicted octanol–water partition coefficient (Wildman–Crippen LogP) is 2.15. The molecule has 2 aromatic rings. The number of ether oxygens (including phenoxy) is 1. The standard InChI is InChI=1S/C15H13NO5S/c17-14(16-7-9-5-6-11(20-9)15(18)19)12-8-22-13-4-2-1-3-10(13)21-12/h1-6,12H,7-8H2,(H,16,17)(H,18,19)/t12-/m0/s1. The Hall–Kier alpha value is -2.41. The zero-order valence-electron chi connectivity index (χ0n) is 11.4. The molecule has 0 radical (unpaired) electrons. The summed E-state index contributed by atoms with van der Waals surface area (Å²) in [5.74, 6) is 0.0697. The highest BCUT2D eigenvalue weighted by molar-refractivity contribution is 7.99. The number of carbonyl (C=O) groups is 2. The number of fused-ring (bicyclic) bond motifs is 1. The van der Waals surface area contributed by atoms with Crippen LogP contribution in [0.1, 0.15) is 16.3 Å². The third kappa shape index (κ3) is 3.09. The van der Waals surface area contributed by atoms with Gasteiger partial charge in [0.05, 0.1) is 6.54 Å². The van der Waals surface area contributed by atoms with Crippen molar-refractivity contribution in [1.82, 2.24) is 5.32 Å². The molecule has 2 N–H and O–H groups in total. The molecule has 6 nitrogen and oxygen atoms in total. The summed E-state index contributed by atoms with van der Waals surface area (Å²) in [4.78, 5) is 23.8. The molecule has 114 valence electrons. The van der Waals surface area contributed by atoms with Crippen LogP contribution in [0.25, 0.3) is 0 Å². The lowest BCUT2D eigenvalue weighted by molar-refractivity contribution is -0.127. The summed E-state index contributed by atoms with van der Waals surface area (Å²) in [6.07, 6.45) is -0.575. The molecule has 1 aromatic carbocycles. The molecule has 0 aliphatic carbocycles. The molecule has 0 saturated heterocycles. The van der Waals surface area contributed by atoms with Crippen LogP contribution < -0.4 is 10.1 Å². The normalized spacial score (nSPS) is 16.5. The maximum absolute atomic E-state index is 12.1. The Morgan fingerprint density at radius 1 is 1.27 bits per heavy atom. The van der Waals surface area contributed by atoms with Crippen LogP contribution in [0.2, 0.25) is 0 Å². The molecule has 0 saturated carbocycles. The first-order valence-corrected chi connectivity index (χ1v) is 7.60. The summed E-state index contributed by atoms with van der Waals surface area (Å²) < 4.78 is 10.7. The van der Waals surface area contributed by atoms with Gasteiger partial charge in [-0.3, -0.25) is 4.79 Å². The molecule has 3 rings (SSSR count). The van der Waals surface area contributed by atoms with E-state index in [0.29, 0.717) is 17.3 Å². The van der Waals surface area contributed by atoms with Gasteiger partial charge in [-0.1, -0.05) is 12.1 Å². The second-order valence-corrected chi connectivity index (χ2v) is 5.71. The Kier molecular flexibility index (Phi) is 4.06. The van der Waals surface area contributed by atoms with Crippen LogP contribution in [0.3, 0.4) is 0 Å². The van der Waals surface area contributed by atoms with Crippen LogP contribution in [0.15, 0.2) is 45.7 Å². The molecule has 1 aliphatic heterocycles. The number of nitrogens with one attached hydrogen (secondary N) is 1. The minimum absolute atomic E-state index is 0.123. The highest BCUT2D eigenvalue weighted by Crippen LogP contribution is 2.34. The van der Waals surface area contributed by atoms with E-state index in [1.807, 2.05) is 24.3 Å². The molecule has 1 aromatic heterocycles. The second kappa shape index (κ2) is 6.15. The first-order chi connectivity index (χ1) is 10.6. The number of carbonyl (C=O) groups excluding carboxylic acids is 1. The number of hydrogen-bond donors (Lipinski definition) is 2. The van der Waals surface area contributed by atoms with E-state index in [1.54, 1.807) is 11.8 Å². The summed E-state index contributed by atoms with van der Waals surface area (Å²) in [5.41, 5.74) is 0. The van der Waals surface area contributed by atoms with E-state index >= 15 is 0 Å². The highest BCUT2D eigenvalue weighted by Gasteiger charge is 2.26. The maximum Gasteiger partial charge on any atom is 0.371 e.